The number of ether oxygens (including phenoxy) is 1. The van der Waals surface area contributed by atoms with E-state index in [1.54, 1.807) is 6.07 Å². The Kier molecular flexibility index (Phi) is 5.55. The molecule has 0 aliphatic carbocycles. The summed E-state index contributed by atoms with van der Waals surface area (Å²) in [6, 6.07) is 9.45. The van der Waals surface area contributed by atoms with Crippen molar-refractivity contribution in [1.82, 2.24) is 4.90 Å². The Morgan fingerprint density at radius 2 is 1.85 bits per heavy atom. The maximum absolute atomic E-state index is 11.6. The van der Waals surface area contributed by atoms with Crippen molar-refractivity contribution < 1.29 is 14.3 Å². The molecule has 26 heavy (non-hydrogen) atoms. The average molecular weight is 374 g/mol. The summed E-state index contributed by atoms with van der Waals surface area (Å²) in [6.45, 7) is 5.58. The molecule has 1 aliphatic heterocycles. The molecule has 138 valence electrons. The first-order chi connectivity index (χ1) is 12.5. The van der Waals surface area contributed by atoms with E-state index in [2.05, 4.69) is 29.3 Å². The lowest BCUT2D eigenvalue weighted by Crippen LogP contribution is -2.37. The van der Waals surface area contributed by atoms with Crippen molar-refractivity contribution in [3.63, 3.8) is 0 Å². The summed E-state index contributed by atoms with van der Waals surface area (Å²) in [5.41, 5.74) is 13.0. The van der Waals surface area contributed by atoms with Crippen LogP contribution < -0.4 is 16.8 Å². The van der Waals surface area contributed by atoms with Gasteiger partial charge in [-0.15, -0.1) is 11.3 Å². The first-order valence-corrected chi connectivity index (χ1v) is 9.19. The molecular formula is C18H22N4O3S. The number of hydrogen-bond acceptors (Lipinski definition) is 5. The zero-order chi connectivity index (χ0) is 18.7. The van der Waals surface area contributed by atoms with Gasteiger partial charge in [0.15, 0.2) is 0 Å². The molecule has 5 N–H and O–H groups in total. The molecule has 0 spiro atoms. The number of carbonyl (C=O) groups excluding carboxylic acids is 2. The van der Waals surface area contributed by atoms with Gasteiger partial charge < -0.3 is 16.2 Å². The van der Waals surface area contributed by atoms with Crippen LogP contribution in [-0.4, -0.2) is 43.1 Å². The average Bonchev–Trinajstić information content (AvgIpc) is 3.05. The lowest BCUT2D eigenvalue weighted by Gasteiger charge is -2.32. The number of hydrogen-bond donors (Lipinski definition) is 3. The predicted octanol–water partition coefficient (Wildman–Crippen LogP) is 2.40. The summed E-state index contributed by atoms with van der Waals surface area (Å²) >= 11 is 1.27. The fourth-order valence-electron chi connectivity index (χ4n) is 3.02. The number of nitrogens with one attached hydrogen (secondary N) is 1. The monoisotopic (exact) mass is 374 g/mol. The molecule has 3 amide bonds. The number of anilines is 1. The molecule has 8 heteroatoms. The van der Waals surface area contributed by atoms with Gasteiger partial charge in [0.25, 0.3) is 5.91 Å². The lowest BCUT2D eigenvalue weighted by molar-refractivity contribution is 0.0198. The molecular weight excluding hydrogens is 352 g/mol. The molecule has 2 aromatic rings. The smallest absolute Gasteiger partial charge is 0.317 e. The van der Waals surface area contributed by atoms with Crippen molar-refractivity contribution in [2.24, 2.45) is 11.5 Å². The third kappa shape index (κ3) is 4.04. The van der Waals surface area contributed by atoms with E-state index in [4.69, 9.17) is 16.2 Å². The minimum Gasteiger partial charge on any atom is -0.379 e. The fourth-order valence-corrected chi connectivity index (χ4v) is 4.09. The molecule has 0 radical (unpaired) electrons. The molecule has 0 unspecified atom stereocenters. The van der Waals surface area contributed by atoms with Gasteiger partial charge in [-0.3, -0.25) is 15.0 Å². The Labute approximate surface area is 155 Å². The Morgan fingerprint density at radius 3 is 2.42 bits per heavy atom. The molecule has 1 fully saturated rings. The van der Waals surface area contributed by atoms with Crippen LogP contribution in [0.15, 0.2) is 30.3 Å². The molecule has 3 rings (SSSR count). The van der Waals surface area contributed by atoms with Crippen LogP contribution in [0.2, 0.25) is 0 Å². The minimum atomic E-state index is -0.726. The molecule has 1 atom stereocenters. The van der Waals surface area contributed by atoms with E-state index in [1.165, 1.54) is 16.9 Å². The van der Waals surface area contributed by atoms with Crippen LogP contribution in [0.25, 0.3) is 10.4 Å². The van der Waals surface area contributed by atoms with Crippen molar-refractivity contribution in [1.29, 1.82) is 0 Å². The van der Waals surface area contributed by atoms with Gasteiger partial charge in [-0.25, -0.2) is 4.79 Å². The highest BCUT2D eigenvalue weighted by atomic mass is 32.1. The number of amides is 3. The molecule has 2 heterocycles. The second-order valence-corrected chi connectivity index (χ2v) is 7.21. The lowest BCUT2D eigenvalue weighted by atomic mass is 10.0. The van der Waals surface area contributed by atoms with Crippen LogP contribution in [-0.2, 0) is 4.74 Å². The molecule has 0 saturated carbocycles. The Morgan fingerprint density at radius 1 is 1.19 bits per heavy atom. The quantitative estimate of drug-likeness (QED) is 0.746. The van der Waals surface area contributed by atoms with E-state index in [1.807, 2.05) is 12.1 Å². The summed E-state index contributed by atoms with van der Waals surface area (Å²) in [6.07, 6.45) is 0. The summed E-state index contributed by atoms with van der Waals surface area (Å²) in [7, 11) is 0. The largest absolute Gasteiger partial charge is 0.379 e. The van der Waals surface area contributed by atoms with E-state index < -0.39 is 11.9 Å². The molecule has 1 saturated heterocycles. The third-order valence-electron chi connectivity index (χ3n) is 4.51. The second-order valence-electron chi connectivity index (χ2n) is 6.15. The number of nitrogens with two attached hydrogens (primary N) is 2. The van der Waals surface area contributed by atoms with E-state index in [0.29, 0.717) is 11.0 Å². The number of benzene rings is 1. The number of thiophene rings is 1. The molecule has 0 bridgehead atoms. The number of morpholine rings is 1. The number of urea groups is 1. The highest BCUT2D eigenvalue weighted by Crippen LogP contribution is 2.36. The number of carbonyl (C=O) groups is 2. The van der Waals surface area contributed by atoms with Gasteiger partial charge in [-0.1, -0.05) is 24.3 Å². The van der Waals surface area contributed by atoms with Gasteiger partial charge >= 0.3 is 6.03 Å². The van der Waals surface area contributed by atoms with Crippen LogP contribution in [0.4, 0.5) is 9.80 Å². The van der Waals surface area contributed by atoms with Gasteiger partial charge in [0, 0.05) is 24.0 Å². The zero-order valence-electron chi connectivity index (χ0n) is 14.5. The SMILES string of the molecule is C[C@@H](c1ccc(-c2cc(C(N)=O)c(NC(N)=O)s2)cc1)N1CCOCC1. The van der Waals surface area contributed by atoms with E-state index in [9.17, 15) is 9.59 Å². The Bertz CT molecular complexity index is 797. The first kappa shape index (κ1) is 18.4. The molecule has 1 aromatic carbocycles. The number of nitrogens with zero attached hydrogens (tertiary/aromatic N) is 1. The van der Waals surface area contributed by atoms with Crippen LogP contribution >= 0.6 is 11.3 Å². The second kappa shape index (κ2) is 7.86. The third-order valence-corrected chi connectivity index (χ3v) is 5.60. The predicted molar refractivity (Wildman–Crippen MR) is 102 cm³/mol. The van der Waals surface area contributed by atoms with E-state index >= 15 is 0 Å². The Hall–Kier alpha value is -2.42. The van der Waals surface area contributed by atoms with Crippen LogP contribution in [0, 0.1) is 0 Å². The zero-order valence-corrected chi connectivity index (χ0v) is 15.3. The van der Waals surface area contributed by atoms with Crippen molar-refractivity contribution in [3.8, 4) is 10.4 Å². The number of primary amides is 2. The summed E-state index contributed by atoms with van der Waals surface area (Å²) in [5, 5.41) is 2.82. The van der Waals surface area contributed by atoms with E-state index in [0.717, 1.165) is 36.7 Å². The maximum Gasteiger partial charge on any atom is 0.317 e. The van der Waals surface area contributed by atoms with Crippen molar-refractivity contribution in [3.05, 3.63) is 41.5 Å². The van der Waals surface area contributed by atoms with Crippen LogP contribution in [0.3, 0.4) is 0 Å². The molecule has 1 aliphatic rings. The van der Waals surface area contributed by atoms with E-state index in [-0.39, 0.29) is 5.56 Å². The van der Waals surface area contributed by atoms with Crippen LogP contribution in [0.1, 0.15) is 28.9 Å². The van der Waals surface area contributed by atoms with Crippen LogP contribution in [0.5, 0.6) is 0 Å². The van der Waals surface area contributed by atoms with Gasteiger partial charge in [0.2, 0.25) is 0 Å². The standard InChI is InChI=1S/C18H22N4O3S/c1-11(22-6-8-25-9-7-22)12-2-4-13(5-3-12)15-10-14(16(19)23)17(26-15)21-18(20)24/h2-5,10-11H,6-9H2,1H3,(H2,19,23)(H3,20,21,24)/t11-/m0/s1. The van der Waals surface area contributed by atoms with Gasteiger partial charge in [-0.05, 0) is 24.1 Å². The maximum atomic E-state index is 11.6. The van der Waals surface area contributed by atoms with Crippen molar-refractivity contribution in [2.75, 3.05) is 31.6 Å². The highest BCUT2D eigenvalue weighted by molar-refractivity contribution is 7.20. The summed E-state index contributed by atoms with van der Waals surface area (Å²) in [5.74, 6) is -0.603. The normalized spacial score (nSPS) is 16.2. The highest BCUT2D eigenvalue weighted by Gasteiger charge is 2.19. The first-order valence-electron chi connectivity index (χ1n) is 8.38. The van der Waals surface area contributed by atoms with Crippen molar-refractivity contribution in [2.45, 2.75) is 13.0 Å². The summed E-state index contributed by atoms with van der Waals surface area (Å²) in [4.78, 5) is 25.9. The Balaban J connectivity index is 1.81. The summed E-state index contributed by atoms with van der Waals surface area (Å²) < 4.78 is 5.41. The minimum absolute atomic E-state index is 0.259. The topological polar surface area (TPSA) is 111 Å². The fraction of sp³-hybridized carbons (Fsp3) is 0.333. The van der Waals surface area contributed by atoms with Crippen molar-refractivity contribution >= 4 is 28.3 Å². The molecule has 7 nitrogen and oxygen atoms in total. The molecule has 1 aromatic heterocycles. The van der Waals surface area contributed by atoms with Gasteiger partial charge in [-0.2, -0.15) is 0 Å². The number of rotatable bonds is 5. The van der Waals surface area contributed by atoms with Gasteiger partial charge in [0.05, 0.1) is 18.8 Å². The van der Waals surface area contributed by atoms with Gasteiger partial charge in [0.1, 0.15) is 5.00 Å².